The van der Waals surface area contributed by atoms with Crippen LogP contribution in [0.5, 0.6) is 17.2 Å². The van der Waals surface area contributed by atoms with Crippen LogP contribution >= 0.6 is 0 Å². The van der Waals surface area contributed by atoms with E-state index >= 15 is 0 Å². The van der Waals surface area contributed by atoms with E-state index in [9.17, 15) is 9.90 Å². The van der Waals surface area contributed by atoms with Crippen molar-refractivity contribution in [3.8, 4) is 28.5 Å². The Morgan fingerprint density at radius 2 is 2.03 bits per heavy atom. The summed E-state index contributed by atoms with van der Waals surface area (Å²) in [5.41, 5.74) is 4.89. The molecule has 29 heavy (non-hydrogen) atoms. The van der Waals surface area contributed by atoms with E-state index in [2.05, 4.69) is 27.6 Å². The average molecular weight is 394 g/mol. The highest BCUT2D eigenvalue weighted by Crippen LogP contribution is 2.25. The number of aromatic nitrogens is 2. The molecule has 0 radical (unpaired) electrons. The van der Waals surface area contributed by atoms with Gasteiger partial charge in [0.2, 0.25) is 0 Å². The molecule has 0 aliphatic rings. The van der Waals surface area contributed by atoms with Crippen LogP contribution in [0, 0.1) is 0 Å². The lowest BCUT2D eigenvalue weighted by molar-refractivity contribution is 0.0950. The second kappa shape index (κ2) is 9.41. The Labute approximate surface area is 168 Å². The van der Waals surface area contributed by atoms with Crippen LogP contribution in [0.1, 0.15) is 29.4 Å². The smallest absolute Gasteiger partial charge is 0.289 e. The largest absolute Gasteiger partial charge is 0.504 e. The standard InChI is InChI=1S/C21H22N4O4/c1-3-10-29-16-7-5-15(6-8-16)17-12-18(24-23-17)21(27)25-22-13-14-4-9-19(26)20(11-14)28-2/h4-9,11-13,26H,3,10H2,1-2H3,(H,23,24)(H,25,27)/b22-13+. The highest BCUT2D eigenvalue weighted by Gasteiger charge is 2.10. The summed E-state index contributed by atoms with van der Waals surface area (Å²) >= 11 is 0. The Bertz CT molecular complexity index is 996. The highest BCUT2D eigenvalue weighted by molar-refractivity contribution is 5.94. The number of phenols is 1. The van der Waals surface area contributed by atoms with E-state index in [1.54, 1.807) is 18.2 Å². The molecule has 0 unspecified atom stereocenters. The molecule has 3 rings (SSSR count). The lowest BCUT2D eigenvalue weighted by Crippen LogP contribution is -2.18. The van der Waals surface area contributed by atoms with Gasteiger partial charge in [0.1, 0.15) is 11.4 Å². The van der Waals surface area contributed by atoms with Crippen LogP contribution in [0.2, 0.25) is 0 Å². The fourth-order valence-electron chi connectivity index (χ4n) is 2.53. The number of amides is 1. The molecule has 0 saturated carbocycles. The number of hydrogen-bond donors (Lipinski definition) is 3. The first-order valence-electron chi connectivity index (χ1n) is 9.09. The predicted octanol–water partition coefficient (Wildman–Crippen LogP) is 3.34. The molecule has 0 saturated heterocycles. The maximum absolute atomic E-state index is 12.2. The lowest BCUT2D eigenvalue weighted by Gasteiger charge is -2.04. The first-order chi connectivity index (χ1) is 14.1. The van der Waals surface area contributed by atoms with E-state index in [1.165, 1.54) is 19.4 Å². The minimum atomic E-state index is -0.423. The summed E-state index contributed by atoms with van der Waals surface area (Å²) in [5.74, 6) is 0.728. The van der Waals surface area contributed by atoms with Gasteiger partial charge in [-0.1, -0.05) is 6.92 Å². The number of rotatable bonds is 8. The molecule has 8 nitrogen and oxygen atoms in total. The number of nitrogens with one attached hydrogen (secondary N) is 2. The minimum Gasteiger partial charge on any atom is -0.504 e. The molecule has 0 bridgehead atoms. The molecule has 1 amide bonds. The number of benzene rings is 2. The van der Waals surface area contributed by atoms with Crippen molar-refractivity contribution in [1.29, 1.82) is 0 Å². The average Bonchev–Trinajstić information content (AvgIpc) is 3.24. The number of hydrogen-bond acceptors (Lipinski definition) is 6. The van der Waals surface area contributed by atoms with Gasteiger partial charge in [-0.25, -0.2) is 5.43 Å². The zero-order chi connectivity index (χ0) is 20.6. The zero-order valence-corrected chi connectivity index (χ0v) is 16.2. The third-order valence-corrected chi connectivity index (χ3v) is 4.03. The van der Waals surface area contributed by atoms with Gasteiger partial charge in [0.05, 0.1) is 25.6 Å². The van der Waals surface area contributed by atoms with Crippen molar-refractivity contribution in [3.05, 3.63) is 59.8 Å². The van der Waals surface area contributed by atoms with E-state index in [1.807, 2.05) is 24.3 Å². The fourth-order valence-corrected chi connectivity index (χ4v) is 2.53. The molecule has 1 heterocycles. The molecule has 3 N–H and O–H groups in total. The quantitative estimate of drug-likeness (QED) is 0.401. The SMILES string of the molecule is CCCOc1ccc(-c2cc(C(=O)N/N=C/c3ccc(O)c(OC)c3)[nH]n2)cc1. The number of methoxy groups -OCH3 is 1. The first kappa shape index (κ1) is 19.9. The molecule has 0 spiro atoms. The van der Waals surface area contributed by atoms with Crippen molar-refractivity contribution in [2.24, 2.45) is 5.10 Å². The molecule has 0 aliphatic heterocycles. The fraction of sp³-hybridized carbons (Fsp3) is 0.190. The molecule has 8 heteroatoms. The Kier molecular flexibility index (Phi) is 6.47. The molecule has 2 aromatic carbocycles. The number of carbonyl (C=O) groups is 1. The molecule has 0 fully saturated rings. The molecular formula is C21H22N4O4. The van der Waals surface area contributed by atoms with E-state index in [-0.39, 0.29) is 11.4 Å². The van der Waals surface area contributed by atoms with Crippen LogP contribution in [0.3, 0.4) is 0 Å². The number of ether oxygens (including phenoxy) is 2. The van der Waals surface area contributed by atoms with Gasteiger partial charge in [0.25, 0.3) is 5.91 Å². The van der Waals surface area contributed by atoms with E-state index in [4.69, 9.17) is 9.47 Å². The van der Waals surface area contributed by atoms with Crippen LogP contribution in [0.15, 0.2) is 53.6 Å². The number of hydrazone groups is 1. The number of nitrogens with zero attached hydrogens (tertiary/aromatic N) is 2. The third kappa shape index (κ3) is 5.13. The van der Waals surface area contributed by atoms with Crippen molar-refractivity contribution in [3.63, 3.8) is 0 Å². The number of aromatic amines is 1. The molecular weight excluding hydrogens is 372 g/mol. The molecule has 3 aromatic rings. The van der Waals surface area contributed by atoms with Gasteiger partial charge in [-0.3, -0.25) is 9.89 Å². The summed E-state index contributed by atoms with van der Waals surface area (Å²) in [6.07, 6.45) is 2.40. The van der Waals surface area contributed by atoms with Gasteiger partial charge in [-0.2, -0.15) is 10.2 Å². The van der Waals surface area contributed by atoms with E-state index < -0.39 is 5.91 Å². The van der Waals surface area contributed by atoms with Crippen molar-refractivity contribution < 1.29 is 19.4 Å². The Morgan fingerprint density at radius 3 is 2.76 bits per heavy atom. The Morgan fingerprint density at radius 1 is 1.24 bits per heavy atom. The van der Waals surface area contributed by atoms with Crippen LogP contribution < -0.4 is 14.9 Å². The van der Waals surface area contributed by atoms with Crippen LogP contribution in [0.25, 0.3) is 11.3 Å². The monoisotopic (exact) mass is 394 g/mol. The summed E-state index contributed by atoms with van der Waals surface area (Å²) in [7, 11) is 1.46. The summed E-state index contributed by atoms with van der Waals surface area (Å²) in [4.78, 5) is 12.2. The first-order valence-corrected chi connectivity index (χ1v) is 9.09. The number of H-pyrrole nitrogens is 1. The third-order valence-electron chi connectivity index (χ3n) is 4.03. The second-order valence-electron chi connectivity index (χ2n) is 6.17. The molecule has 1 aromatic heterocycles. The Balaban J connectivity index is 1.62. The topological polar surface area (TPSA) is 109 Å². The number of aromatic hydroxyl groups is 1. The van der Waals surface area contributed by atoms with Crippen molar-refractivity contribution >= 4 is 12.1 Å². The normalized spacial score (nSPS) is 10.8. The minimum absolute atomic E-state index is 0.0311. The van der Waals surface area contributed by atoms with Gasteiger partial charge in [0, 0.05) is 5.56 Å². The maximum atomic E-state index is 12.2. The maximum Gasteiger partial charge on any atom is 0.289 e. The lowest BCUT2D eigenvalue weighted by atomic mass is 10.1. The summed E-state index contributed by atoms with van der Waals surface area (Å²) in [6, 6.07) is 13.9. The van der Waals surface area contributed by atoms with E-state index in [0.29, 0.717) is 23.6 Å². The highest BCUT2D eigenvalue weighted by atomic mass is 16.5. The summed E-state index contributed by atoms with van der Waals surface area (Å²) in [5, 5.41) is 20.4. The van der Waals surface area contributed by atoms with Crippen molar-refractivity contribution in [1.82, 2.24) is 15.6 Å². The van der Waals surface area contributed by atoms with Gasteiger partial charge < -0.3 is 14.6 Å². The zero-order valence-electron chi connectivity index (χ0n) is 16.2. The predicted molar refractivity (Wildman–Crippen MR) is 110 cm³/mol. The Hall–Kier alpha value is -3.81. The summed E-state index contributed by atoms with van der Waals surface area (Å²) in [6.45, 7) is 2.72. The van der Waals surface area contributed by atoms with Crippen LogP contribution in [0.4, 0.5) is 0 Å². The van der Waals surface area contributed by atoms with Gasteiger partial charge >= 0.3 is 0 Å². The van der Waals surface area contributed by atoms with Crippen molar-refractivity contribution in [2.75, 3.05) is 13.7 Å². The molecule has 0 aliphatic carbocycles. The van der Waals surface area contributed by atoms with Gasteiger partial charge in [-0.15, -0.1) is 0 Å². The number of carbonyl (C=O) groups excluding carboxylic acids is 1. The van der Waals surface area contributed by atoms with Gasteiger partial charge in [0.15, 0.2) is 11.5 Å². The van der Waals surface area contributed by atoms with E-state index in [0.717, 1.165) is 17.7 Å². The van der Waals surface area contributed by atoms with Crippen LogP contribution in [-0.2, 0) is 0 Å². The van der Waals surface area contributed by atoms with Gasteiger partial charge in [-0.05, 0) is 60.5 Å². The molecule has 150 valence electrons. The number of phenolic OH excluding ortho intramolecular Hbond substituents is 1. The summed E-state index contributed by atoms with van der Waals surface area (Å²) < 4.78 is 10.6. The second-order valence-corrected chi connectivity index (χ2v) is 6.17. The molecule has 0 atom stereocenters. The van der Waals surface area contributed by atoms with Crippen molar-refractivity contribution in [2.45, 2.75) is 13.3 Å². The van der Waals surface area contributed by atoms with Crippen LogP contribution in [-0.4, -0.2) is 41.1 Å².